The van der Waals surface area contributed by atoms with Gasteiger partial charge in [0.2, 0.25) is 17.6 Å². The quantitative estimate of drug-likeness (QED) is 0.422. The number of nitrogens with one attached hydrogen (secondary N) is 2. The predicted molar refractivity (Wildman–Crippen MR) is 145 cm³/mol. The number of benzene rings is 2. The van der Waals surface area contributed by atoms with Gasteiger partial charge in [-0.2, -0.15) is 32.2 Å². The lowest BCUT2D eigenvalue weighted by molar-refractivity contribution is -0.131. The van der Waals surface area contributed by atoms with Gasteiger partial charge in [0.1, 0.15) is 0 Å². The molecule has 0 aliphatic carbocycles. The molecule has 0 saturated carbocycles. The molecule has 5 rings (SSSR count). The molecule has 0 unspecified atom stereocenters. The van der Waals surface area contributed by atoms with E-state index in [0.29, 0.717) is 25.3 Å². The van der Waals surface area contributed by atoms with Gasteiger partial charge in [-0.1, -0.05) is 30.3 Å². The van der Waals surface area contributed by atoms with Crippen LogP contribution in [0.2, 0.25) is 0 Å². The molecule has 36 heavy (non-hydrogen) atoms. The summed E-state index contributed by atoms with van der Waals surface area (Å²) in [7, 11) is 1.82. The SMILES string of the molecule is CN(C(=O)Cc1ccc2c(c1)NC(=O)C2)[C@H](CN1CC[C@H](O)C1)c1cccc(-c2nn[nH]n2)c1.S.S. The number of aromatic amines is 1. The van der Waals surface area contributed by atoms with Crippen LogP contribution < -0.4 is 5.32 Å². The van der Waals surface area contributed by atoms with Crippen LogP contribution in [0.4, 0.5) is 5.69 Å². The molecule has 2 amide bonds. The fourth-order valence-electron chi connectivity index (χ4n) is 4.69. The number of aromatic nitrogens is 4. The number of aliphatic hydroxyl groups excluding tert-OH is 1. The summed E-state index contributed by atoms with van der Waals surface area (Å²) in [5, 5.41) is 27.1. The van der Waals surface area contributed by atoms with E-state index in [-0.39, 0.29) is 57.4 Å². The van der Waals surface area contributed by atoms with Gasteiger partial charge in [-0.05, 0) is 40.5 Å². The zero-order chi connectivity index (χ0) is 23.7. The first kappa shape index (κ1) is 27.7. The van der Waals surface area contributed by atoms with Gasteiger partial charge in [-0.25, -0.2) is 0 Å². The fraction of sp³-hybridized carbons (Fsp3) is 0.375. The van der Waals surface area contributed by atoms with Crippen LogP contribution in [-0.2, 0) is 22.4 Å². The van der Waals surface area contributed by atoms with Gasteiger partial charge < -0.3 is 15.3 Å². The first-order valence-corrected chi connectivity index (χ1v) is 11.4. The number of rotatable bonds is 7. The zero-order valence-corrected chi connectivity index (χ0v) is 21.9. The Morgan fingerprint density at radius 3 is 2.81 bits per heavy atom. The summed E-state index contributed by atoms with van der Waals surface area (Å²) < 4.78 is 0. The number of nitrogens with zero attached hydrogens (tertiary/aromatic N) is 5. The maximum absolute atomic E-state index is 13.4. The third-order valence-corrected chi connectivity index (χ3v) is 6.57. The Morgan fingerprint density at radius 1 is 1.25 bits per heavy atom. The number of likely N-dealkylation sites (tertiary alicyclic amines) is 1. The Kier molecular flexibility index (Phi) is 9.12. The minimum atomic E-state index is -0.339. The van der Waals surface area contributed by atoms with E-state index in [1.807, 2.05) is 49.5 Å². The molecule has 1 fully saturated rings. The van der Waals surface area contributed by atoms with Crippen molar-refractivity contribution in [2.45, 2.75) is 31.4 Å². The second kappa shape index (κ2) is 11.9. The van der Waals surface area contributed by atoms with Gasteiger partial charge in [0, 0.05) is 37.9 Å². The molecule has 2 aliphatic rings. The van der Waals surface area contributed by atoms with E-state index >= 15 is 0 Å². The van der Waals surface area contributed by atoms with Crippen LogP contribution >= 0.6 is 27.0 Å². The first-order chi connectivity index (χ1) is 16.5. The van der Waals surface area contributed by atoms with Crippen LogP contribution in [0.5, 0.6) is 0 Å². The Labute approximate surface area is 223 Å². The van der Waals surface area contributed by atoms with Crippen molar-refractivity contribution < 1.29 is 14.7 Å². The topological polar surface area (TPSA) is 127 Å². The highest BCUT2D eigenvalue weighted by atomic mass is 32.1. The van der Waals surface area contributed by atoms with E-state index < -0.39 is 0 Å². The van der Waals surface area contributed by atoms with Crippen LogP contribution in [0.15, 0.2) is 42.5 Å². The van der Waals surface area contributed by atoms with Gasteiger partial charge >= 0.3 is 0 Å². The highest BCUT2D eigenvalue weighted by Crippen LogP contribution is 2.28. The molecule has 0 bridgehead atoms. The average Bonchev–Trinajstić information content (AvgIpc) is 3.57. The maximum Gasteiger partial charge on any atom is 0.228 e. The lowest BCUT2D eigenvalue weighted by Crippen LogP contribution is -2.39. The normalized spacial score (nSPS) is 17.5. The van der Waals surface area contributed by atoms with Gasteiger partial charge in [-0.3, -0.25) is 14.5 Å². The molecule has 10 nitrogen and oxygen atoms in total. The zero-order valence-electron chi connectivity index (χ0n) is 19.9. The van der Waals surface area contributed by atoms with Crippen molar-refractivity contribution in [1.29, 1.82) is 0 Å². The summed E-state index contributed by atoms with van der Waals surface area (Å²) in [5.41, 5.74) is 4.37. The third kappa shape index (κ3) is 6.06. The average molecular weight is 530 g/mol. The third-order valence-electron chi connectivity index (χ3n) is 6.57. The molecule has 2 aromatic carbocycles. The molecule has 12 heteroatoms. The van der Waals surface area contributed by atoms with Crippen LogP contribution in [0.1, 0.15) is 29.2 Å². The summed E-state index contributed by atoms with van der Waals surface area (Å²) >= 11 is 0. The van der Waals surface area contributed by atoms with E-state index in [4.69, 9.17) is 0 Å². The largest absolute Gasteiger partial charge is 0.392 e. The van der Waals surface area contributed by atoms with Crippen molar-refractivity contribution in [3.05, 3.63) is 59.2 Å². The van der Waals surface area contributed by atoms with Crippen molar-refractivity contribution in [3.8, 4) is 11.4 Å². The molecular formula is C24H31N7O3S2. The van der Waals surface area contributed by atoms with Crippen molar-refractivity contribution in [3.63, 3.8) is 0 Å². The summed E-state index contributed by atoms with van der Waals surface area (Å²) in [5.74, 6) is 0.440. The molecule has 3 aromatic rings. The molecule has 3 N–H and O–H groups in total. The Bertz CT molecular complexity index is 1210. The molecule has 2 aliphatic heterocycles. The monoisotopic (exact) mass is 529 g/mol. The fourth-order valence-corrected chi connectivity index (χ4v) is 4.69. The smallest absolute Gasteiger partial charge is 0.228 e. The number of hydrogen-bond acceptors (Lipinski definition) is 7. The minimum Gasteiger partial charge on any atom is -0.392 e. The molecule has 192 valence electrons. The maximum atomic E-state index is 13.4. The molecular weight excluding hydrogens is 498 g/mol. The Morgan fingerprint density at radius 2 is 2.08 bits per heavy atom. The summed E-state index contributed by atoms with van der Waals surface area (Å²) in [6.07, 6.45) is 0.996. The lowest BCUT2D eigenvalue weighted by Gasteiger charge is -2.32. The number of anilines is 1. The molecule has 1 saturated heterocycles. The number of β-amino-alcohol motifs (C(OH)–C–C–N with tert-alkyl or cyclic N) is 1. The molecule has 2 atom stereocenters. The van der Waals surface area contributed by atoms with Crippen LogP contribution in [0.3, 0.4) is 0 Å². The van der Waals surface area contributed by atoms with Crippen LogP contribution in [0, 0.1) is 0 Å². The Hall–Kier alpha value is -2.93. The van der Waals surface area contributed by atoms with E-state index in [2.05, 4.69) is 30.8 Å². The summed E-state index contributed by atoms with van der Waals surface area (Å²) in [4.78, 5) is 29.0. The van der Waals surface area contributed by atoms with Crippen LogP contribution in [0.25, 0.3) is 11.4 Å². The van der Waals surface area contributed by atoms with Gasteiger partial charge in [0.25, 0.3) is 0 Å². The second-order valence-electron chi connectivity index (χ2n) is 8.98. The first-order valence-electron chi connectivity index (χ1n) is 11.4. The van der Waals surface area contributed by atoms with Crippen molar-refractivity contribution >= 4 is 44.5 Å². The molecule has 3 heterocycles. The number of carbonyl (C=O) groups excluding carboxylic acids is 2. The standard InChI is InChI=1S/C24H27N7O3.2H2S/c1-30(23(34)10-15-5-6-16-12-22(33)25-20(16)9-15)21(14-31-8-7-19(32)13-31)17-3-2-4-18(11-17)24-26-28-29-27-24;;/h2-6,9,11,19,21,32H,7-8,10,12-14H2,1H3,(H,25,33)(H,26,27,28,29);2*1H2/t19-,21+;;/m0../s1. The van der Waals surface area contributed by atoms with Crippen molar-refractivity contribution in [1.82, 2.24) is 30.4 Å². The number of carbonyl (C=O) groups is 2. The van der Waals surface area contributed by atoms with E-state index in [9.17, 15) is 14.7 Å². The van der Waals surface area contributed by atoms with Crippen LogP contribution in [-0.4, -0.2) is 80.1 Å². The number of hydrogen-bond donors (Lipinski definition) is 3. The van der Waals surface area contributed by atoms with Gasteiger partial charge in [0.15, 0.2) is 0 Å². The number of H-pyrrole nitrogens is 1. The number of tetrazole rings is 1. The number of aliphatic hydroxyl groups is 1. The number of amides is 2. The summed E-state index contributed by atoms with van der Waals surface area (Å²) in [6.45, 7) is 1.98. The highest BCUT2D eigenvalue weighted by molar-refractivity contribution is 7.59. The van der Waals surface area contributed by atoms with Gasteiger partial charge in [0.05, 0.1) is 25.0 Å². The number of fused-ring (bicyclic) bond motifs is 1. The molecule has 0 radical (unpaired) electrons. The predicted octanol–water partition coefficient (Wildman–Crippen LogP) is 1.40. The van der Waals surface area contributed by atoms with Gasteiger partial charge in [-0.15, -0.1) is 10.2 Å². The summed E-state index contributed by atoms with van der Waals surface area (Å²) in [6, 6.07) is 13.3. The lowest BCUT2D eigenvalue weighted by atomic mass is 10.0. The van der Waals surface area contributed by atoms with E-state index in [0.717, 1.165) is 40.9 Å². The van der Waals surface area contributed by atoms with Crippen molar-refractivity contribution in [2.75, 3.05) is 32.0 Å². The molecule has 1 aromatic heterocycles. The van der Waals surface area contributed by atoms with E-state index in [1.54, 1.807) is 4.90 Å². The highest BCUT2D eigenvalue weighted by Gasteiger charge is 2.29. The number of likely N-dealkylation sites (N-methyl/N-ethyl adjacent to an activating group) is 1. The van der Waals surface area contributed by atoms with E-state index in [1.165, 1.54) is 0 Å². The Balaban J connectivity index is 0.00000180. The second-order valence-corrected chi connectivity index (χ2v) is 8.98. The van der Waals surface area contributed by atoms with Crippen molar-refractivity contribution in [2.24, 2.45) is 0 Å². The minimum absolute atomic E-state index is 0. The molecule has 0 spiro atoms.